The molecule has 21 heavy (non-hydrogen) atoms. The molecular weight excluding hydrogens is 389 g/mol. The monoisotopic (exact) mass is 401 g/mol. The molecule has 0 saturated heterocycles. The molecule has 1 aromatic rings. The van der Waals surface area contributed by atoms with Crippen molar-refractivity contribution < 1.29 is 19.1 Å². The van der Waals surface area contributed by atoms with Crippen LogP contribution < -0.4 is 10.7 Å². The number of hydrazone groups is 1. The largest absolute Gasteiger partial charge is 0.451 e. The number of amides is 2. The van der Waals surface area contributed by atoms with E-state index in [1.54, 1.807) is 12.1 Å². The van der Waals surface area contributed by atoms with E-state index in [9.17, 15) is 14.4 Å². The van der Waals surface area contributed by atoms with E-state index in [0.717, 1.165) is 3.57 Å². The summed E-state index contributed by atoms with van der Waals surface area (Å²) >= 11 is 2.16. The third-order valence-electron chi connectivity index (χ3n) is 2.60. The first-order valence-electron chi connectivity index (χ1n) is 6.12. The number of halogens is 1. The molecule has 0 spiro atoms. The van der Waals surface area contributed by atoms with Gasteiger partial charge in [0.15, 0.2) is 6.61 Å². The minimum Gasteiger partial charge on any atom is -0.451 e. The normalized spacial score (nSPS) is 14.0. The maximum absolute atomic E-state index is 11.6. The van der Waals surface area contributed by atoms with Gasteiger partial charge in [-0.1, -0.05) is 0 Å². The molecule has 8 heteroatoms. The average molecular weight is 401 g/mol. The molecule has 7 nitrogen and oxygen atoms in total. The minimum atomic E-state index is -0.701. The molecule has 0 unspecified atom stereocenters. The molecule has 0 radical (unpaired) electrons. The molecule has 1 aromatic carbocycles. The molecule has 2 rings (SSSR count). The van der Waals surface area contributed by atoms with Gasteiger partial charge in [-0.25, -0.2) is 10.2 Å². The molecule has 1 aliphatic heterocycles. The first-order chi connectivity index (χ1) is 10.0. The van der Waals surface area contributed by atoms with E-state index in [2.05, 4.69) is 38.4 Å². The van der Waals surface area contributed by atoms with Crippen molar-refractivity contribution in [2.24, 2.45) is 5.10 Å². The summed E-state index contributed by atoms with van der Waals surface area (Å²) in [5, 5.41) is 6.20. The van der Waals surface area contributed by atoms with Gasteiger partial charge in [0.05, 0.1) is 0 Å². The van der Waals surface area contributed by atoms with Crippen molar-refractivity contribution in [2.75, 3.05) is 11.9 Å². The lowest BCUT2D eigenvalue weighted by Gasteiger charge is -2.11. The van der Waals surface area contributed by atoms with Gasteiger partial charge in [0.25, 0.3) is 5.91 Å². The highest BCUT2D eigenvalue weighted by atomic mass is 127. The molecule has 1 heterocycles. The van der Waals surface area contributed by atoms with Crippen molar-refractivity contribution in [3.63, 3.8) is 0 Å². The Bertz CT molecular complexity index is 598. The van der Waals surface area contributed by atoms with Crippen LogP contribution in [0.25, 0.3) is 0 Å². The predicted octanol–water partition coefficient (Wildman–Crippen LogP) is 1.04. The summed E-state index contributed by atoms with van der Waals surface area (Å²) in [6.07, 6.45) is 0.395. The summed E-state index contributed by atoms with van der Waals surface area (Å²) in [7, 11) is 0. The van der Waals surface area contributed by atoms with E-state index in [1.807, 2.05) is 12.1 Å². The van der Waals surface area contributed by atoms with Crippen LogP contribution in [0, 0.1) is 3.57 Å². The Kier molecular flexibility index (Phi) is 5.26. The fourth-order valence-electron chi connectivity index (χ4n) is 1.57. The highest BCUT2D eigenvalue weighted by molar-refractivity contribution is 14.1. The highest BCUT2D eigenvalue weighted by Gasteiger charge is 2.20. The second-order valence-electron chi connectivity index (χ2n) is 4.22. The molecular formula is C13H12IN3O4. The van der Waals surface area contributed by atoms with Crippen molar-refractivity contribution in [3.05, 3.63) is 27.8 Å². The summed E-state index contributed by atoms with van der Waals surface area (Å²) in [5.41, 5.74) is 2.92. The molecule has 110 valence electrons. The van der Waals surface area contributed by atoms with Crippen LogP contribution in [0.15, 0.2) is 29.4 Å². The average Bonchev–Trinajstić information content (AvgIpc) is 2.48. The number of carbonyl (C=O) groups excluding carboxylic acids is 3. The third kappa shape index (κ3) is 4.81. The zero-order valence-electron chi connectivity index (χ0n) is 10.9. The number of anilines is 1. The smallest absolute Gasteiger partial charge is 0.355 e. The maximum Gasteiger partial charge on any atom is 0.355 e. The molecule has 0 fully saturated rings. The Morgan fingerprint density at radius 3 is 2.62 bits per heavy atom. The van der Waals surface area contributed by atoms with Gasteiger partial charge in [0, 0.05) is 22.1 Å². The van der Waals surface area contributed by atoms with Crippen LogP contribution in [0.3, 0.4) is 0 Å². The molecule has 2 N–H and O–H groups in total. The zero-order valence-corrected chi connectivity index (χ0v) is 13.0. The summed E-state index contributed by atoms with van der Waals surface area (Å²) in [6.45, 7) is -0.405. The summed E-state index contributed by atoms with van der Waals surface area (Å²) in [5.74, 6) is -1.39. The van der Waals surface area contributed by atoms with Crippen LogP contribution in [-0.2, 0) is 19.1 Å². The molecule has 2 amide bonds. The van der Waals surface area contributed by atoms with Crippen LogP contribution in [0.4, 0.5) is 5.69 Å². The van der Waals surface area contributed by atoms with Crippen molar-refractivity contribution in [1.29, 1.82) is 0 Å². The predicted molar refractivity (Wildman–Crippen MR) is 83.6 cm³/mol. The summed E-state index contributed by atoms with van der Waals surface area (Å²) < 4.78 is 5.89. The first-order valence-corrected chi connectivity index (χ1v) is 7.20. The number of benzene rings is 1. The van der Waals surface area contributed by atoms with E-state index in [4.69, 9.17) is 4.74 Å². The number of hydrogen-bond donors (Lipinski definition) is 2. The number of carbonyl (C=O) groups is 3. The van der Waals surface area contributed by atoms with Crippen LogP contribution >= 0.6 is 22.6 Å². The van der Waals surface area contributed by atoms with E-state index < -0.39 is 18.5 Å². The van der Waals surface area contributed by atoms with Crippen molar-refractivity contribution in [1.82, 2.24) is 5.43 Å². The fraction of sp³-hybridized carbons (Fsp3) is 0.231. The van der Waals surface area contributed by atoms with Crippen molar-refractivity contribution >= 4 is 51.8 Å². The number of nitrogens with zero attached hydrogens (tertiary/aromatic N) is 1. The Balaban J connectivity index is 1.79. The molecule has 0 aromatic heterocycles. The number of hydrogen-bond acceptors (Lipinski definition) is 5. The topological polar surface area (TPSA) is 96.9 Å². The number of nitrogens with one attached hydrogen (secondary N) is 2. The fourth-order valence-corrected chi connectivity index (χ4v) is 1.93. The van der Waals surface area contributed by atoms with Crippen molar-refractivity contribution in [2.45, 2.75) is 12.8 Å². The summed E-state index contributed by atoms with van der Waals surface area (Å²) in [6, 6.07) is 7.20. The summed E-state index contributed by atoms with van der Waals surface area (Å²) in [4.78, 5) is 34.1. The lowest BCUT2D eigenvalue weighted by Crippen LogP contribution is -2.32. The standard InChI is InChI=1S/C13H12IN3O4/c14-8-1-3-9(4-2-8)15-12(19)7-21-13(20)10-5-6-11(18)17-16-10/h1-4H,5-7H2,(H,15,19)(H,17,18). The quantitative estimate of drug-likeness (QED) is 0.582. The van der Waals surface area contributed by atoms with Gasteiger partial charge in [-0.15, -0.1) is 0 Å². The Hall–Kier alpha value is -1.97. The van der Waals surface area contributed by atoms with Crippen LogP contribution in [0.1, 0.15) is 12.8 Å². The minimum absolute atomic E-state index is 0.108. The van der Waals surface area contributed by atoms with Gasteiger partial charge >= 0.3 is 5.97 Å². The van der Waals surface area contributed by atoms with Gasteiger partial charge < -0.3 is 10.1 Å². The second-order valence-corrected chi connectivity index (χ2v) is 5.47. The molecule has 0 bridgehead atoms. The number of rotatable bonds is 4. The lowest BCUT2D eigenvalue weighted by molar-refractivity contribution is -0.140. The van der Waals surface area contributed by atoms with Gasteiger partial charge in [-0.3, -0.25) is 9.59 Å². The van der Waals surface area contributed by atoms with Gasteiger partial charge in [-0.2, -0.15) is 5.10 Å². The van der Waals surface area contributed by atoms with E-state index >= 15 is 0 Å². The number of esters is 1. The Morgan fingerprint density at radius 2 is 2.00 bits per heavy atom. The van der Waals surface area contributed by atoms with Gasteiger partial charge in [0.1, 0.15) is 5.71 Å². The highest BCUT2D eigenvalue weighted by Crippen LogP contribution is 2.11. The van der Waals surface area contributed by atoms with E-state index in [-0.39, 0.29) is 24.5 Å². The zero-order chi connectivity index (χ0) is 15.2. The Morgan fingerprint density at radius 1 is 1.29 bits per heavy atom. The van der Waals surface area contributed by atoms with Gasteiger partial charge in [-0.05, 0) is 46.9 Å². The third-order valence-corrected chi connectivity index (χ3v) is 3.32. The first kappa shape index (κ1) is 15.4. The van der Waals surface area contributed by atoms with Crippen molar-refractivity contribution in [3.8, 4) is 0 Å². The SMILES string of the molecule is O=C1CCC(C(=O)OCC(=O)Nc2ccc(I)cc2)=NN1. The Labute approximate surface area is 134 Å². The van der Waals surface area contributed by atoms with Crippen LogP contribution in [-0.4, -0.2) is 30.1 Å². The molecule has 0 atom stereocenters. The van der Waals surface area contributed by atoms with Crippen LogP contribution in [0.2, 0.25) is 0 Å². The maximum atomic E-state index is 11.6. The van der Waals surface area contributed by atoms with Crippen LogP contribution in [0.5, 0.6) is 0 Å². The van der Waals surface area contributed by atoms with E-state index in [1.165, 1.54) is 0 Å². The van der Waals surface area contributed by atoms with Gasteiger partial charge in [0.2, 0.25) is 5.91 Å². The molecule has 0 saturated carbocycles. The molecule has 0 aliphatic carbocycles. The second kappa shape index (κ2) is 7.16. The molecule has 1 aliphatic rings. The van der Waals surface area contributed by atoms with E-state index in [0.29, 0.717) is 5.69 Å². The lowest BCUT2D eigenvalue weighted by atomic mass is 10.2. The number of ether oxygens (including phenoxy) is 1.